The molecule has 0 aliphatic carbocycles. The molecule has 0 atom stereocenters. The van der Waals surface area contributed by atoms with Gasteiger partial charge in [-0.25, -0.2) is 4.98 Å². The molecule has 3 heterocycles. The molecule has 7 heteroatoms. The molecule has 6 rings (SSSR count). The Bertz CT molecular complexity index is 1720. The van der Waals surface area contributed by atoms with E-state index in [1.165, 1.54) is 0 Å². The van der Waals surface area contributed by atoms with Crippen LogP contribution >= 0.6 is 11.6 Å². The number of Topliss-reactive ketones (excluding diaryl/α,β-unsaturated/α-hetero) is 1. The topological polar surface area (TPSA) is 57.9 Å². The SMILES string of the molecule is CC(=O)c1ccc(-c2ccc3nc(-c4ccc(Cl)cc4)c(CN4CCN(C(=O)c5ccc(C)cc5)CC4)n3c2)cc1. The highest BCUT2D eigenvalue weighted by atomic mass is 35.5. The first-order chi connectivity index (χ1) is 19.9. The largest absolute Gasteiger partial charge is 0.336 e. The Kier molecular flexibility index (Phi) is 7.43. The van der Waals surface area contributed by atoms with Gasteiger partial charge in [0.25, 0.3) is 5.91 Å². The van der Waals surface area contributed by atoms with Crippen molar-refractivity contribution in [1.82, 2.24) is 19.2 Å². The minimum Gasteiger partial charge on any atom is -0.336 e. The van der Waals surface area contributed by atoms with Gasteiger partial charge in [0, 0.05) is 60.6 Å². The highest BCUT2D eigenvalue weighted by Gasteiger charge is 2.24. The van der Waals surface area contributed by atoms with Crippen molar-refractivity contribution in [2.24, 2.45) is 0 Å². The number of piperazine rings is 1. The van der Waals surface area contributed by atoms with E-state index in [9.17, 15) is 9.59 Å². The van der Waals surface area contributed by atoms with Gasteiger partial charge in [-0.15, -0.1) is 0 Å². The maximum atomic E-state index is 13.1. The summed E-state index contributed by atoms with van der Waals surface area (Å²) in [6.07, 6.45) is 2.12. The Morgan fingerprint density at radius 1 is 0.756 bits per heavy atom. The van der Waals surface area contributed by atoms with Crippen molar-refractivity contribution in [2.75, 3.05) is 26.2 Å². The fourth-order valence-corrected chi connectivity index (χ4v) is 5.48. The van der Waals surface area contributed by atoms with E-state index in [1.807, 2.05) is 90.7 Å². The number of halogens is 1. The molecule has 2 aromatic heterocycles. The van der Waals surface area contributed by atoms with E-state index in [1.54, 1.807) is 6.92 Å². The number of pyridine rings is 1. The molecule has 0 bridgehead atoms. The summed E-state index contributed by atoms with van der Waals surface area (Å²) in [5, 5.41) is 0.685. The molecule has 1 saturated heterocycles. The van der Waals surface area contributed by atoms with Crippen molar-refractivity contribution >= 4 is 28.9 Å². The number of aryl methyl sites for hydroxylation is 1. The van der Waals surface area contributed by atoms with E-state index < -0.39 is 0 Å². The van der Waals surface area contributed by atoms with Crippen LogP contribution in [0.5, 0.6) is 0 Å². The highest BCUT2D eigenvalue weighted by Crippen LogP contribution is 2.30. The number of nitrogens with zero attached hydrogens (tertiary/aromatic N) is 4. The maximum absolute atomic E-state index is 13.1. The molecule has 1 fully saturated rings. The predicted molar refractivity (Wildman–Crippen MR) is 163 cm³/mol. The van der Waals surface area contributed by atoms with E-state index in [-0.39, 0.29) is 11.7 Å². The number of imidazole rings is 1. The summed E-state index contributed by atoms with van der Waals surface area (Å²) in [7, 11) is 0. The Morgan fingerprint density at radius 3 is 2.02 bits per heavy atom. The van der Waals surface area contributed by atoms with E-state index >= 15 is 0 Å². The third-order valence-corrected chi connectivity index (χ3v) is 8.04. The van der Waals surface area contributed by atoms with Crippen LogP contribution in [0.25, 0.3) is 28.0 Å². The number of benzene rings is 3. The van der Waals surface area contributed by atoms with Gasteiger partial charge in [0.05, 0.1) is 11.4 Å². The van der Waals surface area contributed by atoms with Gasteiger partial charge < -0.3 is 9.30 Å². The number of hydrogen-bond acceptors (Lipinski definition) is 4. The van der Waals surface area contributed by atoms with Gasteiger partial charge in [0.1, 0.15) is 5.65 Å². The maximum Gasteiger partial charge on any atom is 0.253 e. The zero-order chi connectivity index (χ0) is 28.5. The Morgan fingerprint density at radius 2 is 1.37 bits per heavy atom. The summed E-state index contributed by atoms with van der Waals surface area (Å²) < 4.78 is 2.17. The van der Waals surface area contributed by atoms with Gasteiger partial charge in [-0.1, -0.05) is 65.7 Å². The zero-order valence-corrected chi connectivity index (χ0v) is 23.9. The van der Waals surface area contributed by atoms with Crippen LogP contribution in [0, 0.1) is 6.92 Å². The average molecular weight is 563 g/mol. The van der Waals surface area contributed by atoms with E-state index in [0.717, 1.165) is 57.9 Å². The van der Waals surface area contributed by atoms with Crippen LogP contribution in [0.1, 0.15) is 38.9 Å². The van der Waals surface area contributed by atoms with Crippen LogP contribution in [0.4, 0.5) is 0 Å². The number of rotatable bonds is 6. The summed E-state index contributed by atoms with van der Waals surface area (Å²) in [6, 6.07) is 27.4. The number of carbonyl (C=O) groups excluding carboxylic acids is 2. The number of ketones is 1. The lowest BCUT2D eigenvalue weighted by atomic mass is 10.0. The van der Waals surface area contributed by atoms with Crippen LogP contribution in [-0.4, -0.2) is 57.1 Å². The summed E-state index contributed by atoms with van der Waals surface area (Å²) in [4.78, 5) is 34.2. The minimum absolute atomic E-state index is 0.0529. The Hall–Kier alpha value is -4.26. The van der Waals surface area contributed by atoms with Crippen LogP contribution in [0.2, 0.25) is 5.02 Å². The first kappa shape index (κ1) is 26.9. The molecule has 1 aliphatic heterocycles. The van der Waals surface area contributed by atoms with Crippen molar-refractivity contribution in [3.05, 3.63) is 119 Å². The molecule has 0 unspecified atom stereocenters. The lowest BCUT2D eigenvalue weighted by Crippen LogP contribution is -2.48. The number of carbonyl (C=O) groups is 2. The van der Waals surface area contributed by atoms with E-state index in [2.05, 4.69) is 21.6 Å². The fourth-order valence-electron chi connectivity index (χ4n) is 5.35. The van der Waals surface area contributed by atoms with Gasteiger partial charge >= 0.3 is 0 Å². The predicted octanol–water partition coefficient (Wildman–Crippen LogP) is 6.79. The smallest absolute Gasteiger partial charge is 0.253 e. The van der Waals surface area contributed by atoms with Crippen molar-refractivity contribution < 1.29 is 9.59 Å². The second kappa shape index (κ2) is 11.3. The Balaban J connectivity index is 1.29. The second-order valence-corrected chi connectivity index (χ2v) is 11.1. The summed E-state index contributed by atoms with van der Waals surface area (Å²) in [6.45, 7) is 7.20. The number of amides is 1. The first-order valence-electron chi connectivity index (χ1n) is 13.8. The van der Waals surface area contributed by atoms with Gasteiger partial charge in [0.2, 0.25) is 0 Å². The van der Waals surface area contributed by atoms with Gasteiger partial charge in [-0.2, -0.15) is 0 Å². The van der Waals surface area contributed by atoms with Gasteiger partial charge in [-0.3, -0.25) is 14.5 Å². The molecule has 41 heavy (non-hydrogen) atoms. The van der Waals surface area contributed by atoms with Gasteiger partial charge in [-0.05, 0) is 61.4 Å². The Labute approximate surface area is 244 Å². The molecule has 0 spiro atoms. The van der Waals surface area contributed by atoms with Crippen molar-refractivity contribution in [1.29, 1.82) is 0 Å². The zero-order valence-electron chi connectivity index (χ0n) is 23.2. The number of aromatic nitrogens is 2. The standard InChI is InChI=1S/C34H31ClN4O2/c1-23-3-5-28(6-4-23)34(41)38-19-17-37(18-20-38)22-31-33(27-11-14-30(35)15-12-27)36-32-16-13-29(21-39(31)32)26-9-7-25(8-10-26)24(2)40/h3-16,21H,17-20,22H2,1-2H3. The lowest BCUT2D eigenvalue weighted by molar-refractivity contribution is 0.0626. The molecule has 1 aliphatic rings. The molecule has 0 radical (unpaired) electrons. The first-order valence-corrected chi connectivity index (χ1v) is 14.2. The quantitative estimate of drug-likeness (QED) is 0.214. The number of fused-ring (bicyclic) bond motifs is 1. The molecule has 0 saturated carbocycles. The van der Waals surface area contributed by atoms with Gasteiger partial charge in [0.15, 0.2) is 5.78 Å². The average Bonchev–Trinajstić information content (AvgIpc) is 3.35. The fraction of sp³-hybridized carbons (Fsp3) is 0.206. The molecular formula is C34H31ClN4O2. The summed E-state index contributed by atoms with van der Waals surface area (Å²) >= 11 is 6.20. The minimum atomic E-state index is 0.0529. The third-order valence-electron chi connectivity index (χ3n) is 7.79. The summed E-state index contributed by atoms with van der Waals surface area (Å²) in [5.74, 6) is 0.138. The summed E-state index contributed by atoms with van der Waals surface area (Å²) in [5.41, 5.74) is 8.54. The monoisotopic (exact) mass is 562 g/mol. The lowest BCUT2D eigenvalue weighted by Gasteiger charge is -2.34. The third kappa shape index (κ3) is 5.67. The molecule has 1 amide bonds. The van der Waals surface area contributed by atoms with Crippen molar-refractivity contribution in [3.8, 4) is 22.4 Å². The van der Waals surface area contributed by atoms with Crippen LogP contribution in [0.3, 0.4) is 0 Å². The van der Waals surface area contributed by atoms with Crippen molar-refractivity contribution in [3.63, 3.8) is 0 Å². The highest BCUT2D eigenvalue weighted by molar-refractivity contribution is 6.30. The van der Waals surface area contributed by atoms with Crippen LogP contribution < -0.4 is 0 Å². The molecule has 206 valence electrons. The van der Waals surface area contributed by atoms with Crippen LogP contribution in [0.15, 0.2) is 91.1 Å². The van der Waals surface area contributed by atoms with Crippen LogP contribution in [-0.2, 0) is 6.54 Å². The van der Waals surface area contributed by atoms with E-state index in [0.29, 0.717) is 30.2 Å². The van der Waals surface area contributed by atoms with Crippen molar-refractivity contribution in [2.45, 2.75) is 20.4 Å². The molecule has 5 aromatic rings. The molecule has 0 N–H and O–H groups in total. The van der Waals surface area contributed by atoms with E-state index in [4.69, 9.17) is 16.6 Å². The molecule has 6 nitrogen and oxygen atoms in total. The molecular weight excluding hydrogens is 532 g/mol. The molecule has 3 aromatic carbocycles. The number of hydrogen-bond donors (Lipinski definition) is 0. The second-order valence-electron chi connectivity index (χ2n) is 10.6. The normalized spacial score (nSPS) is 14.0.